The minimum atomic E-state index is -0.109. The largest absolute Gasteiger partial charge is 0.318 e. The summed E-state index contributed by atoms with van der Waals surface area (Å²) in [5.74, 6) is 0. The first-order valence-corrected chi connectivity index (χ1v) is 12.0. The SMILES string of the molecule is CC.CC.[C-]#[N+]C1=c2c3cc(C)c4c(=O)n5c(c6cc(C)c(c(=O)n2CC1)c3c64)=C(C#N)CC5. The highest BCUT2D eigenvalue weighted by Gasteiger charge is 2.26. The average Bonchev–Trinajstić information content (AvgIpc) is 3.49. The third-order valence-corrected chi connectivity index (χ3v) is 6.75. The molecule has 0 fully saturated rings. The minimum Gasteiger partial charge on any atom is -0.318 e. The van der Waals surface area contributed by atoms with Crippen molar-refractivity contribution >= 4 is 43.6 Å². The molecule has 6 heteroatoms. The summed E-state index contributed by atoms with van der Waals surface area (Å²) < 4.78 is 3.42. The number of pyridine rings is 2. The van der Waals surface area contributed by atoms with Crippen LogP contribution >= 0.6 is 0 Å². The summed E-state index contributed by atoms with van der Waals surface area (Å²) in [6, 6.07) is 6.19. The second-order valence-electron chi connectivity index (χ2n) is 8.24. The Hall–Kier alpha value is -3.90. The lowest BCUT2D eigenvalue weighted by Crippen LogP contribution is -2.34. The fraction of sp³-hybridized carbons (Fsp3) is 0.357. The molecule has 2 aliphatic heterocycles. The molecule has 2 aromatic heterocycles. The maximum Gasteiger partial charge on any atom is 0.259 e. The van der Waals surface area contributed by atoms with Crippen molar-refractivity contribution in [2.75, 3.05) is 0 Å². The van der Waals surface area contributed by atoms with Gasteiger partial charge in [0.1, 0.15) is 0 Å². The third-order valence-electron chi connectivity index (χ3n) is 6.75. The van der Waals surface area contributed by atoms with Crippen molar-refractivity contribution < 1.29 is 0 Å². The van der Waals surface area contributed by atoms with E-state index in [-0.39, 0.29) is 11.1 Å². The van der Waals surface area contributed by atoms with Gasteiger partial charge in [0.2, 0.25) is 0 Å². The van der Waals surface area contributed by atoms with E-state index in [9.17, 15) is 14.9 Å². The maximum atomic E-state index is 13.4. The molecule has 0 bridgehead atoms. The van der Waals surface area contributed by atoms with Crippen molar-refractivity contribution in [3.8, 4) is 6.07 Å². The van der Waals surface area contributed by atoms with Crippen LogP contribution in [0.1, 0.15) is 51.7 Å². The molecule has 0 N–H and O–H groups in total. The molecule has 0 unspecified atom stereocenters. The number of hydrogen-bond donors (Lipinski definition) is 0. The summed E-state index contributed by atoms with van der Waals surface area (Å²) in [5, 5.41) is 15.5. The summed E-state index contributed by atoms with van der Waals surface area (Å²) in [5.41, 5.74) is 2.65. The molecule has 4 aromatic rings. The summed E-state index contributed by atoms with van der Waals surface area (Å²) in [7, 11) is 0. The highest BCUT2D eigenvalue weighted by molar-refractivity contribution is 6.24. The van der Waals surface area contributed by atoms with Gasteiger partial charge in [0.25, 0.3) is 11.1 Å². The molecule has 172 valence electrons. The minimum absolute atomic E-state index is 0.106. The molecular weight excluding hydrogens is 424 g/mol. The Kier molecular flexibility index (Phi) is 5.79. The zero-order valence-corrected chi connectivity index (χ0v) is 20.6. The van der Waals surface area contributed by atoms with Gasteiger partial charge in [-0.2, -0.15) is 5.26 Å². The smallest absolute Gasteiger partial charge is 0.259 e. The Morgan fingerprint density at radius 2 is 1.29 bits per heavy atom. The van der Waals surface area contributed by atoms with Crippen LogP contribution in [0.25, 0.3) is 48.4 Å². The molecule has 0 radical (unpaired) electrons. The maximum absolute atomic E-state index is 13.4. The molecule has 0 amide bonds. The summed E-state index contributed by atoms with van der Waals surface area (Å²) in [6.07, 6.45) is 1.09. The van der Waals surface area contributed by atoms with Gasteiger partial charge >= 0.3 is 0 Å². The van der Waals surface area contributed by atoms with E-state index in [2.05, 4.69) is 10.9 Å². The normalized spacial score (nSPS) is 13.8. The van der Waals surface area contributed by atoms with Crippen LogP contribution in [-0.4, -0.2) is 9.13 Å². The van der Waals surface area contributed by atoms with Crippen LogP contribution < -0.4 is 21.8 Å². The number of fused-ring (bicyclic) bond motifs is 4. The van der Waals surface area contributed by atoms with E-state index >= 15 is 0 Å². The van der Waals surface area contributed by atoms with Crippen LogP contribution in [-0.2, 0) is 13.1 Å². The van der Waals surface area contributed by atoms with E-state index in [0.717, 1.165) is 32.7 Å². The second kappa shape index (κ2) is 8.47. The monoisotopic (exact) mass is 452 g/mol. The molecule has 0 spiro atoms. The molecule has 0 saturated heterocycles. The molecular formula is C28H28N4O2. The van der Waals surface area contributed by atoms with Gasteiger partial charge in [-0.3, -0.25) is 9.59 Å². The lowest BCUT2D eigenvalue weighted by molar-refractivity contribution is 0.716. The van der Waals surface area contributed by atoms with Crippen molar-refractivity contribution in [3.63, 3.8) is 0 Å². The number of nitriles is 1. The van der Waals surface area contributed by atoms with Gasteiger partial charge in [-0.05, 0) is 42.5 Å². The molecule has 0 aliphatic carbocycles. The highest BCUT2D eigenvalue weighted by Crippen LogP contribution is 2.34. The molecule has 0 atom stereocenters. The van der Waals surface area contributed by atoms with Crippen LogP contribution in [0.4, 0.5) is 0 Å². The predicted molar refractivity (Wildman–Crippen MR) is 138 cm³/mol. The molecule has 0 saturated carbocycles. The van der Waals surface area contributed by atoms with E-state index in [1.54, 1.807) is 9.13 Å². The standard InChI is InChI=1S/C24H16N4O2.2C2H6/c1-11-8-14-19-17(23(29)27-6-4-13(10-25)21(14)27)12(2)9-15-20(19)18(11)24(30)28-7-5-16(26-3)22(15)28;2*1-2/h8-9H,4-7H2,1-2H3;2*1-2H3. The Morgan fingerprint density at radius 1 is 0.824 bits per heavy atom. The molecule has 6 rings (SSSR count). The second-order valence-corrected chi connectivity index (χ2v) is 8.24. The Morgan fingerprint density at radius 3 is 1.79 bits per heavy atom. The van der Waals surface area contributed by atoms with Crippen molar-refractivity contribution in [2.24, 2.45) is 0 Å². The Bertz CT molecular complexity index is 1690. The molecule has 34 heavy (non-hydrogen) atoms. The van der Waals surface area contributed by atoms with E-state index in [1.165, 1.54) is 0 Å². The van der Waals surface area contributed by atoms with Crippen molar-refractivity contribution in [2.45, 2.75) is 67.5 Å². The summed E-state index contributed by atoms with van der Waals surface area (Å²) >= 11 is 0. The van der Waals surface area contributed by atoms with Crippen molar-refractivity contribution in [1.29, 1.82) is 5.26 Å². The number of aromatic nitrogens is 2. The lowest BCUT2D eigenvalue weighted by Gasteiger charge is -2.18. The van der Waals surface area contributed by atoms with Crippen LogP contribution in [0.5, 0.6) is 0 Å². The van der Waals surface area contributed by atoms with Gasteiger partial charge in [0.05, 0.1) is 39.7 Å². The van der Waals surface area contributed by atoms with Crippen LogP contribution in [0, 0.1) is 31.8 Å². The number of aryl methyl sites for hydroxylation is 2. The zero-order valence-electron chi connectivity index (χ0n) is 20.6. The van der Waals surface area contributed by atoms with Gasteiger partial charge in [-0.25, -0.2) is 4.85 Å². The summed E-state index contributed by atoms with van der Waals surface area (Å²) in [6.45, 7) is 20.4. The van der Waals surface area contributed by atoms with Gasteiger partial charge in [0, 0.05) is 42.1 Å². The van der Waals surface area contributed by atoms with Gasteiger partial charge in [-0.1, -0.05) is 27.7 Å². The van der Waals surface area contributed by atoms with Crippen LogP contribution in [0.2, 0.25) is 0 Å². The first-order valence-electron chi connectivity index (χ1n) is 12.0. The predicted octanol–water partition coefficient (Wildman–Crippen LogP) is 4.09. The van der Waals surface area contributed by atoms with Crippen molar-refractivity contribution in [3.05, 3.63) is 66.1 Å². The lowest BCUT2D eigenvalue weighted by atomic mass is 9.90. The molecule has 4 heterocycles. The zero-order chi connectivity index (χ0) is 24.9. The van der Waals surface area contributed by atoms with Crippen LogP contribution in [0.15, 0.2) is 21.7 Å². The number of benzene rings is 2. The van der Waals surface area contributed by atoms with E-state index in [4.69, 9.17) is 6.57 Å². The fourth-order valence-electron chi connectivity index (χ4n) is 5.55. The number of rotatable bonds is 0. The van der Waals surface area contributed by atoms with E-state index in [0.29, 0.717) is 58.7 Å². The number of nitrogens with zero attached hydrogens (tertiary/aromatic N) is 4. The fourth-order valence-corrected chi connectivity index (χ4v) is 5.55. The number of hydrogen-bond acceptors (Lipinski definition) is 3. The van der Waals surface area contributed by atoms with Gasteiger partial charge in [0.15, 0.2) is 5.70 Å². The Balaban J connectivity index is 0.000000652. The Labute approximate surface area is 197 Å². The van der Waals surface area contributed by atoms with Crippen LogP contribution in [0.3, 0.4) is 0 Å². The van der Waals surface area contributed by atoms with Gasteiger partial charge < -0.3 is 9.13 Å². The third kappa shape index (κ3) is 2.78. The molecule has 2 aliphatic rings. The van der Waals surface area contributed by atoms with Crippen molar-refractivity contribution in [1.82, 2.24) is 9.13 Å². The first kappa shape index (κ1) is 23.3. The summed E-state index contributed by atoms with van der Waals surface area (Å²) in [4.78, 5) is 30.6. The first-order chi connectivity index (χ1) is 16.5. The average molecular weight is 453 g/mol. The van der Waals surface area contributed by atoms with E-state index in [1.807, 2.05) is 53.7 Å². The van der Waals surface area contributed by atoms with Gasteiger partial charge in [-0.15, -0.1) is 0 Å². The molecule has 6 nitrogen and oxygen atoms in total. The van der Waals surface area contributed by atoms with E-state index < -0.39 is 0 Å². The topological polar surface area (TPSA) is 72.2 Å². The highest BCUT2D eigenvalue weighted by atomic mass is 16.1. The quantitative estimate of drug-likeness (QED) is 0.298. The molecule has 2 aromatic carbocycles.